The van der Waals surface area contributed by atoms with Crippen LogP contribution in [0.1, 0.15) is 6.23 Å². The van der Waals surface area contributed by atoms with E-state index in [-0.39, 0.29) is 24.1 Å². The number of aliphatic hydroxyl groups excluding tert-OH is 3. The molecular weight excluding hydrogens is 408 g/mol. The molecule has 5 N–H and O–H groups in total. The fourth-order valence-corrected chi connectivity index (χ4v) is 3.58. The van der Waals surface area contributed by atoms with Gasteiger partial charge in [0.25, 0.3) is 0 Å². The Kier molecular flexibility index (Phi) is 4.86. The molecule has 13 heteroatoms. The highest BCUT2D eigenvalue weighted by Gasteiger charge is 2.44. The predicted octanol–water partition coefficient (Wildman–Crippen LogP) is -1.16. The van der Waals surface area contributed by atoms with Crippen molar-refractivity contribution in [1.29, 1.82) is 0 Å². The Balaban J connectivity index is 1.37. The second-order valence-corrected chi connectivity index (χ2v) is 7.09. The van der Waals surface area contributed by atoms with E-state index in [2.05, 4.69) is 25.3 Å². The van der Waals surface area contributed by atoms with E-state index in [9.17, 15) is 15.3 Å². The number of imidazole rings is 1. The van der Waals surface area contributed by atoms with Crippen molar-refractivity contribution in [3.05, 3.63) is 30.6 Å². The molecule has 1 aliphatic rings. The smallest absolute Gasteiger partial charge is 0.320 e. The van der Waals surface area contributed by atoms with Crippen molar-refractivity contribution in [2.24, 2.45) is 0 Å². The molecule has 0 spiro atoms. The Morgan fingerprint density at radius 1 is 1.16 bits per heavy atom. The fraction of sp³-hybridized carbons (Fsp3) is 0.389. The molecule has 1 saturated heterocycles. The molecule has 31 heavy (non-hydrogen) atoms. The van der Waals surface area contributed by atoms with Gasteiger partial charge in [-0.3, -0.25) is 4.57 Å². The molecule has 4 heterocycles. The number of nitrogens with two attached hydrogens (primary N) is 1. The number of rotatable bonds is 6. The highest BCUT2D eigenvalue weighted by Crippen LogP contribution is 2.32. The van der Waals surface area contributed by atoms with E-state index >= 15 is 0 Å². The molecule has 1 aliphatic heterocycles. The van der Waals surface area contributed by atoms with Crippen LogP contribution in [0.25, 0.3) is 22.2 Å². The van der Waals surface area contributed by atoms with Crippen LogP contribution in [0.2, 0.25) is 0 Å². The van der Waals surface area contributed by atoms with E-state index < -0.39 is 31.1 Å². The number of nitrogens with zero attached hydrogens (tertiary/aromatic N) is 7. The van der Waals surface area contributed by atoms with Crippen molar-refractivity contribution < 1.29 is 24.8 Å². The normalized spacial score (nSPS) is 23.7. The molecule has 162 valence electrons. The van der Waals surface area contributed by atoms with Crippen molar-refractivity contribution in [3.8, 4) is 6.01 Å². The largest absolute Gasteiger partial charge is 0.461 e. The van der Waals surface area contributed by atoms with Gasteiger partial charge in [0, 0.05) is 0 Å². The zero-order valence-corrected chi connectivity index (χ0v) is 16.2. The van der Waals surface area contributed by atoms with Crippen LogP contribution >= 0.6 is 0 Å². The average Bonchev–Trinajstić information content (AvgIpc) is 3.45. The molecule has 0 unspecified atom stereocenters. The van der Waals surface area contributed by atoms with Gasteiger partial charge in [-0.1, -0.05) is 17.3 Å². The van der Waals surface area contributed by atoms with E-state index in [1.165, 1.54) is 10.9 Å². The standard InChI is InChI=1S/C18H20N8O5/c19-15-12-16(25(8-20-12)17-14(29)13(28)11(7-27)31-17)22-18(21-15)30-6-5-26-10-4-2-1-3-9(10)23-24-26/h1-4,8,11,13-14,17,27-29H,5-7H2,(H2,19,21,22)/t11-,13-,14-,17-/m1/s1. The number of ether oxygens (including phenoxy) is 2. The van der Waals surface area contributed by atoms with Gasteiger partial charge in [0.05, 0.1) is 25.0 Å². The first-order valence-corrected chi connectivity index (χ1v) is 9.60. The number of benzene rings is 1. The third kappa shape index (κ3) is 3.33. The number of para-hydroxylation sites is 1. The maximum atomic E-state index is 10.3. The van der Waals surface area contributed by atoms with Gasteiger partial charge in [-0.2, -0.15) is 9.97 Å². The quantitative estimate of drug-likeness (QED) is 0.291. The maximum Gasteiger partial charge on any atom is 0.320 e. The first-order valence-electron chi connectivity index (χ1n) is 9.60. The zero-order valence-electron chi connectivity index (χ0n) is 16.2. The van der Waals surface area contributed by atoms with Crippen LogP contribution in [0.3, 0.4) is 0 Å². The summed E-state index contributed by atoms with van der Waals surface area (Å²) in [6.07, 6.45) is -3.08. The molecule has 13 nitrogen and oxygen atoms in total. The number of nitrogen functional groups attached to an aromatic ring is 1. The molecule has 0 amide bonds. The van der Waals surface area contributed by atoms with Crippen molar-refractivity contribution in [2.75, 3.05) is 18.9 Å². The highest BCUT2D eigenvalue weighted by atomic mass is 16.6. The van der Waals surface area contributed by atoms with Crippen LogP contribution in [0, 0.1) is 0 Å². The lowest BCUT2D eigenvalue weighted by Gasteiger charge is -2.16. The number of aromatic nitrogens is 7. The minimum Gasteiger partial charge on any atom is -0.461 e. The molecule has 0 saturated carbocycles. The first kappa shape index (κ1) is 19.6. The summed E-state index contributed by atoms with van der Waals surface area (Å²) in [4.78, 5) is 12.6. The van der Waals surface area contributed by atoms with Crippen molar-refractivity contribution in [3.63, 3.8) is 0 Å². The van der Waals surface area contributed by atoms with E-state index in [1.54, 1.807) is 4.68 Å². The number of hydrogen-bond acceptors (Lipinski definition) is 11. The molecule has 1 aromatic carbocycles. The highest BCUT2D eigenvalue weighted by molar-refractivity contribution is 5.82. The molecule has 0 radical (unpaired) electrons. The van der Waals surface area contributed by atoms with Gasteiger partial charge in [-0.15, -0.1) is 5.10 Å². The lowest BCUT2D eigenvalue weighted by molar-refractivity contribution is -0.0511. The molecule has 0 aliphatic carbocycles. The Labute approximate surface area is 174 Å². The summed E-state index contributed by atoms with van der Waals surface area (Å²) in [5, 5.41) is 37.8. The number of fused-ring (bicyclic) bond motifs is 2. The van der Waals surface area contributed by atoms with Crippen LogP contribution < -0.4 is 10.5 Å². The maximum absolute atomic E-state index is 10.3. The summed E-state index contributed by atoms with van der Waals surface area (Å²) in [6.45, 7) is 0.181. The number of aliphatic hydroxyl groups is 3. The summed E-state index contributed by atoms with van der Waals surface area (Å²) in [5.41, 5.74) is 8.23. The topological polar surface area (TPSA) is 179 Å². The SMILES string of the molecule is Nc1nc(OCCn2nnc3ccccc32)nc2c1ncn2[C@@H]1O[C@H](CO)[C@@H](O)[C@H]1O. The first-order chi connectivity index (χ1) is 15.1. The van der Waals surface area contributed by atoms with Gasteiger partial charge >= 0.3 is 6.01 Å². The van der Waals surface area contributed by atoms with Gasteiger partial charge in [0.1, 0.15) is 30.4 Å². The molecule has 4 aromatic rings. The van der Waals surface area contributed by atoms with Crippen LogP contribution in [0.4, 0.5) is 5.82 Å². The van der Waals surface area contributed by atoms with E-state index in [0.29, 0.717) is 12.1 Å². The second-order valence-electron chi connectivity index (χ2n) is 7.09. The zero-order chi connectivity index (χ0) is 21.5. The fourth-order valence-electron chi connectivity index (χ4n) is 3.58. The van der Waals surface area contributed by atoms with Gasteiger partial charge in [0.15, 0.2) is 23.2 Å². The van der Waals surface area contributed by atoms with Crippen molar-refractivity contribution in [2.45, 2.75) is 31.1 Å². The Morgan fingerprint density at radius 3 is 2.81 bits per heavy atom. The third-order valence-corrected chi connectivity index (χ3v) is 5.17. The summed E-state index contributed by atoms with van der Waals surface area (Å²) in [6, 6.07) is 7.59. The van der Waals surface area contributed by atoms with E-state index in [1.807, 2.05) is 24.3 Å². The molecule has 5 rings (SSSR count). The number of hydrogen-bond donors (Lipinski definition) is 4. The van der Waals surface area contributed by atoms with Gasteiger partial charge in [-0.25, -0.2) is 9.67 Å². The summed E-state index contributed by atoms with van der Waals surface area (Å²) in [5.74, 6) is 0.0942. The molecule has 4 atom stereocenters. The van der Waals surface area contributed by atoms with Crippen LogP contribution in [-0.4, -0.2) is 81.4 Å². The van der Waals surface area contributed by atoms with Gasteiger partial charge in [-0.05, 0) is 12.1 Å². The Bertz CT molecular complexity index is 1230. The van der Waals surface area contributed by atoms with Crippen LogP contribution in [-0.2, 0) is 11.3 Å². The van der Waals surface area contributed by atoms with E-state index in [0.717, 1.165) is 11.0 Å². The molecule has 0 bridgehead atoms. The Morgan fingerprint density at radius 2 is 2.00 bits per heavy atom. The average molecular weight is 428 g/mol. The Hall–Kier alpha value is -3.39. The van der Waals surface area contributed by atoms with Gasteiger partial charge in [0.2, 0.25) is 0 Å². The molecule has 3 aromatic heterocycles. The second kappa shape index (κ2) is 7.70. The molecular formula is C18H20N8O5. The van der Waals surface area contributed by atoms with Crippen LogP contribution in [0.15, 0.2) is 30.6 Å². The monoisotopic (exact) mass is 428 g/mol. The van der Waals surface area contributed by atoms with Crippen molar-refractivity contribution in [1.82, 2.24) is 34.5 Å². The minimum absolute atomic E-state index is 0.0166. The predicted molar refractivity (Wildman–Crippen MR) is 106 cm³/mol. The van der Waals surface area contributed by atoms with Crippen LogP contribution in [0.5, 0.6) is 6.01 Å². The van der Waals surface area contributed by atoms with E-state index in [4.69, 9.17) is 15.2 Å². The summed E-state index contributed by atoms with van der Waals surface area (Å²) >= 11 is 0. The van der Waals surface area contributed by atoms with Gasteiger partial charge < -0.3 is 30.5 Å². The summed E-state index contributed by atoms with van der Waals surface area (Å²) < 4.78 is 14.4. The summed E-state index contributed by atoms with van der Waals surface area (Å²) in [7, 11) is 0. The number of anilines is 1. The lowest BCUT2D eigenvalue weighted by Crippen LogP contribution is -2.33. The minimum atomic E-state index is -1.28. The lowest BCUT2D eigenvalue weighted by atomic mass is 10.1. The van der Waals surface area contributed by atoms with Crippen molar-refractivity contribution >= 4 is 28.0 Å². The third-order valence-electron chi connectivity index (χ3n) is 5.17. The molecule has 1 fully saturated rings.